The molecule has 16 heteroatoms. The fraction of sp³-hybridized carbons (Fsp3) is 0.440. The number of fused-ring (bicyclic) bond motifs is 1. The molecule has 4 heterocycles. The van der Waals surface area contributed by atoms with Crippen molar-refractivity contribution in [2.45, 2.75) is 44.4 Å². The predicted octanol–water partition coefficient (Wildman–Crippen LogP) is 1.43. The maximum Gasteiger partial charge on any atom is 0.490 e. The van der Waals surface area contributed by atoms with E-state index in [0.717, 1.165) is 5.56 Å². The third kappa shape index (κ3) is 6.89. The summed E-state index contributed by atoms with van der Waals surface area (Å²) in [6.45, 7) is 1.03. The van der Waals surface area contributed by atoms with Crippen LogP contribution in [-0.2, 0) is 35.2 Å². The summed E-state index contributed by atoms with van der Waals surface area (Å²) in [5.74, 6) is -2.13. The number of carbonyl (C=O) groups is 3. The molecule has 3 atom stereocenters. The van der Waals surface area contributed by atoms with Crippen molar-refractivity contribution >= 4 is 29.2 Å². The molecular formula is C25H24F3N5O8. The Hall–Kier alpha value is -4.31. The first-order valence-electron chi connectivity index (χ1n) is 12.4. The highest BCUT2D eigenvalue weighted by atomic mass is 19.4. The van der Waals surface area contributed by atoms with Crippen molar-refractivity contribution in [1.82, 2.24) is 15.3 Å². The monoisotopic (exact) mass is 579 g/mol. The van der Waals surface area contributed by atoms with Gasteiger partial charge in [-0.05, 0) is 30.7 Å². The molecule has 3 aliphatic heterocycles. The zero-order valence-corrected chi connectivity index (χ0v) is 21.5. The molecule has 0 unspecified atom stereocenters. The van der Waals surface area contributed by atoms with Gasteiger partial charge in [-0.3, -0.25) is 9.59 Å². The number of nitrogens with one attached hydrogen (secondary N) is 2. The summed E-state index contributed by atoms with van der Waals surface area (Å²) in [5, 5.41) is 9.57. The molecule has 0 aliphatic carbocycles. The highest BCUT2D eigenvalue weighted by molar-refractivity contribution is 6.02. The molecule has 1 aromatic carbocycles. The van der Waals surface area contributed by atoms with Gasteiger partial charge in [0.15, 0.2) is 12.7 Å². The largest absolute Gasteiger partial charge is 0.490 e. The molecule has 218 valence electrons. The molecular weight excluding hydrogens is 555 g/mol. The highest BCUT2D eigenvalue weighted by Gasteiger charge is 2.42. The van der Waals surface area contributed by atoms with Crippen molar-refractivity contribution in [1.29, 1.82) is 0 Å². The molecule has 2 amide bonds. The molecule has 2 N–H and O–H groups in total. The normalized spacial score (nSPS) is 22.0. The van der Waals surface area contributed by atoms with Crippen LogP contribution in [0.4, 0.5) is 18.9 Å². The molecule has 41 heavy (non-hydrogen) atoms. The van der Waals surface area contributed by atoms with Crippen molar-refractivity contribution in [2.24, 2.45) is 5.16 Å². The van der Waals surface area contributed by atoms with E-state index in [1.165, 1.54) is 6.07 Å². The van der Waals surface area contributed by atoms with Crippen molar-refractivity contribution < 1.29 is 51.3 Å². The van der Waals surface area contributed by atoms with Gasteiger partial charge in [0.1, 0.15) is 41.8 Å². The first-order chi connectivity index (χ1) is 19.5. The number of anilines is 1. The summed E-state index contributed by atoms with van der Waals surface area (Å²) < 4.78 is 57.5. The average molecular weight is 579 g/mol. The molecule has 2 aromatic rings. The number of alkyl halides is 3. The summed E-state index contributed by atoms with van der Waals surface area (Å²) in [4.78, 5) is 49.4. The van der Waals surface area contributed by atoms with E-state index in [0.29, 0.717) is 28.7 Å². The smallest absolute Gasteiger partial charge is 0.482 e. The van der Waals surface area contributed by atoms with Gasteiger partial charge in [0.25, 0.3) is 11.8 Å². The minimum atomic E-state index is -5.08. The van der Waals surface area contributed by atoms with E-state index in [4.69, 9.17) is 19.0 Å². The first kappa shape index (κ1) is 28.2. The quantitative estimate of drug-likeness (QED) is 0.460. The van der Waals surface area contributed by atoms with Crippen LogP contribution < -0.4 is 15.4 Å². The van der Waals surface area contributed by atoms with Crippen molar-refractivity contribution in [3.63, 3.8) is 0 Å². The summed E-state index contributed by atoms with van der Waals surface area (Å²) >= 11 is 0. The van der Waals surface area contributed by atoms with E-state index < -0.39 is 43.0 Å². The molecule has 1 aromatic heterocycles. The van der Waals surface area contributed by atoms with Crippen LogP contribution in [-0.4, -0.2) is 84.4 Å². The number of hydrogen-bond acceptors (Lipinski definition) is 11. The number of esters is 1. The molecule has 0 saturated carbocycles. The van der Waals surface area contributed by atoms with Gasteiger partial charge in [-0.2, -0.15) is 13.2 Å². The number of ether oxygens (including phenoxy) is 4. The van der Waals surface area contributed by atoms with Crippen LogP contribution in [0.3, 0.4) is 0 Å². The fourth-order valence-corrected chi connectivity index (χ4v) is 4.21. The second kappa shape index (κ2) is 11.7. The van der Waals surface area contributed by atoms with Gasteiger partial charge in [0, 0.05) is 13.0 Å². The lowest BCUT2D eigenvalue weighted by Gasteiger charge is -2.31. The molecule has 1 fully saturated rings. The van der Waals surface area contributed by atoms with E-state index in [9.17, 15) is 27.6 Å². The Bertz CT molecular complexity index is 1380. The van der Waals surface area contributed by atoms with Gasteiger partial charge in [-0.1, -0.05) is 11.2 Å². The Kier molecular flexibility index (Phi) is 8.03. The lowest BCUT2D eigenvalue weighted by molar-refractivity contribution is -0.212. The van der Waals surface area contributed by atoms with Crippen LogP contribution in [0.25, 0.3) is 0 Å². The number of carbonyl (C=O) groups excluding carboxylic acids is 3. The van der Waals surface area contributed by atoms with Crippen molar-refractivity contribution in [3.05, 3.63) is 47.0 Å². The Balaban J connectivity index is 1.13. The van der Waals surface area contributed by atoms with E-state index in [-0.39, 0.29) is 44.4 Å². The fourth-order valence-electron chi connectivity index (χ4n) is 4.21. The zero-order chi connectivity index (χ0) is 29.1. The molecule has 5 rings (SSSR count). The van der Waals surface area contributed by atoms with Crippen LogP contribution in [0.1, 0.15) is 34.0 Å². The maximum absolute atomic E-state index is 12.9. The van der Waals surface area contributed by atoms with E-state index in [2.05, 4.69) is 30.5 Å². The van der Waals surface area contributed by atoms with Crippen molar-refractivity contribution in [2.75, 3.05) is 31.7 Å². The van der Waals surface area contributed by atoms with Gasteiger partial charge in [-0.15, -0.1) is 0 Å². The summed E-state index contributed by atoms with van der Waals surface area (Å²) in [6, 6.07) is 6.67. The minimum absolute atomic E-state index is 0.0172. The number of aryl methyl sites for hydroxylation is 1. The molecule has 0 spiro atoms. The van der Waals surface area contributed by atoms with Gasteiger partial charge >= 0.3 is 12.1 Å². The van der Waals surface area contributed by atoms with Gasteiger partial charge in [0.05, 0.1) is 24.6 Å². The van der Waals surface area contributed by atoms with E-state index in [1.54, 1.807) is 25.1 Å². The van der Waals surface area contributed by atoms with Gasteiger partial charge in [0.2, 0.25) is 0 Å². The topological polar surface area (TPSA) is 160 Å². The predicted molar refractivity (Wildman–Crippen MR) is 131 cm³/mol. The Morgan fingerprint density at radius 2 is 1.98 bits per heavy atom. The van der Waals surface area contributed by atoms with Gasteiger partial charge in [-0.25, -0.2) is 14.8 Å². The molecule has 3 aliphatic rings. The molecule has 13 nitrogen and oxygen atoms in total. The standard InChI is InChI=1S/C25H24F3N5O8/c1-12-30-15(5-18(31-12)23(35)29-7-13-2-3-19-17(4-13)32-22(34)11-39-19)16-6-20(41-33-16)21-10-37-14(8-38-21)9-40-24(36)25(26,27)28/h2-5,14,20-21H,6-11H2,1H3,(H,29,35)(H,32,34)/t14-,20-,21-/m1/s1. The van der Waals surface area contributed by atoms with E-state index >= 15 is 0 Å². The van der Waals surface area contributed by atoms with Crippen LogP contribution in [0.15, 0.2) is 29.4 Å². The molecule has 1 saturated heterocycles. The average Bonchev–Trinajstić information content (AvgIpc) is 3.44. The van der Waals surface area contributed by atoms with Crippen molar-refractivity contribution in [3.8, 4) is 5.75 Å². The number of amides is 2. The molecule has 0 radical (unpaired) electrons. The number of aromatic nitrogens is 2. The van der Waals surface area contributed by atoms with Crippen LogP contribution in [0, 0.1) is 6.92 Å². The number of rotatable bonds is 7. The number of nitrogens with zero attached hydrogens (tertiary/aromatic N) is 3. The number of halogens is 3. The number of oxime groups is 1. The zero-order valence-electron chi connectivity index (χ0n) is 21.5. The van der Waals surface area contributed by atoms with Crippen LogP contribution in [0.2, 0.25) is 0 Å². The summed E-state index contributed by atoms with van der Waals surface area (Å²) in [6.07, 6.45) is -6.81. The summed E-state index contributed by atoms with van der Waals surface area (Å²) in [7, 11) is 0. The molecule has 0 bridgehead atoms. The minimum Gasteiger partial charge on any atom is -0.482 e. The number of benzene rings is 1. The Morgan fingerprint density at radius 1 is 1.15 bits per heavy atom. The lowest BCUT2D eigenvalue weighted by atomic mass is 10.0. The number of hydrogen-bond donors (Lipinski definition) is 2. The van der Waals surface area contributed by atoms with Crippen LogP contribution >= 0.6 is 0 Å². The second-order valence-electron chi connectivity index (χ2n) is 9.34. The van der Waals surface area contributed by atoms with Gasteiger partial charge < -0.3 is 34.4 Å². The maximum atomic E-state index is 12.9. The summed E-state index contributed by atoms with van der Waals surface area (Å²) in [5.41, 5.74) is 2.20. The first-order valence-corrected chi connectivity index (χ1v) is 12.4. The highest BCUT2D eigenvalue weighted by Crippen LogP contribution is 2.28. The van der Waals surface area contributed by atoms with Crippen LogP contribution in [0.5, 0.6) is 5.75 Å². The third-order valence-corrected chi connectivity index (χ3v) is 6.23. The Morgan fingerprint density at radius 3 is 2.73 bits per heavy atom. The lowest BCUT2D eigenvalue weighted by Crippen LogP contribution is -2.44. The van der Waals surface area contributed by atoms with E-state index in [1.807, 2.05) is 0 Å². The third-order valence-electron chi connectivity index (χ3n) is 6.23. The SMILES string of the molecule is Cc1nc(C(=O)NCc2ccc3c(c2)NC(=O)CO3)cc(C2=NO[C@@H]([C@H]3CO[C@@H](COC(=O)C(F)(F)F)CO3)C2)n1. The second-order valence-corrected chi connectivity index (χ2v) is 9.34. The Labute approximate surface area is 230 Å².